The van der Waals surface area contributed by atoms with Crippen LogP contribution in [0.5, 0.6) is 0 Å². The highest BCUT2D eigenvalue weighted by molar-refractivity contribution is 7.99. The molecule has 3 aromatic heterocycles. The zero-order valence-electron chi connectivity index (χ0n) is 18.5. The Morgan fingerprint density at radius 3 is 2.67 bits per heavy atom. The van der Waals surface area contributed by atoms with Gasteiger partial charge in [0.15, 0.2) is 11.0 Å². The Hall–Kier alpha value is -2.46. The highest BCUT2D eigenvalue weighted by Crippen LogP contribution is 2.58. The number of hydrogen-bond acceptors (Lipinski definition) is 6. The van der Waals surface area contributed by atoms with Crippen molar-refractivity contribution >= 4 is 11.8 Å². The van der Waals surface area contributed by atoms with E-state index < -0.39 is 11.9 Å². The SMILES string of the molecule is Cc1ccc(-c2nnc(SCCCN3C[C@H]4CC4(c4ccc(C(F)(F)F)nc4)C3)n2C)cn1. The van der Waals surface area contributed by atoms with Gasteiger partial charge in [-0.3, -0.25) is 9.97 Å². The molecule has 1 unspecified atom stereocenters. The van der Waals surface area contributed by atoms with Gasteiger partial charge in [-0.2, -0.15) is 13.2 Å². The summed E-state index contributed by atoms with van der Waals surface area (Å²) in [5.41, 5.74) is 2.02. The third kappa shape index (κ3) is 4.38. The first-order chi connectivity index (χ1) is 15.8. The monoisotopic (exact) mass is 474 g/mol. The molecule has 0 N–H and O–H groups in total. The molecule has 2 fully saturated rings. The van der Waals surface area contributed by atoms with Crippen molar-refractivity contribution in [3.8, 4) is 11.4 Å². The van der Waals surface area contributed by atoms with Crippen molar-refractivity contribution in [3.05, 3.63) is 53.6 Å². The molecular formula is C23H25F3N6S. The molecule has 0 amide bonds. The van der Waals surface area contributed by atoms with Crippen LogP contribution in [0, 0.1) is 12.8 Å². The van der Waals surface area contributed by atoms with Crippen molar-refractivity contribution in [2.75, 3.05) is 25.4 Å². The lowest BCUT2D eigenvalue weighted by molar-refractivity contribution is -0.141. The van der Waals surface area contributed by atoms with E-state index in [2.05, 4.69) is 25.1 Å². The Kier molecular flexibility index (Phi) is 5.68. The second-order valence-electron chi connectivity index (χ2n) is 8.98. The molecule has 1 saturated carbocycles. The number of nitrogens with zero attached hydrogens (tertiary/aromatic N) is 6. The molecule has 174 valence electrons. The quantitative estimate of drug-likeness (QED) is 0.375. The maximum atomic E-state index is 12.8. The zero-order valence-corrected chi connectivity index (χ0v) is 19.3. The maximum Gasteiger partial charge on any atom is 0.433 e. The molecule has 3 aromatic rings. The Labute approximate surface area is 194 Å². The lowest BCUT2D eigenvalue weighted by atomic mass is 9.96. The number of hydrogen-bond donors (Lipinski definition) is 0. The van der Waals surface area contributed by atoms with E-state index in [1.807, 2.05) is 36.9 Å². The predicted octanol–water partition coefficient (Wildman–Crippen LogP) is 4.36. The molecule has 0 radical (unpaired) electrons. The number of thioether (sulfide) groups is 1. The number of rotatable bonds is 7. The summed E-state index contributed by atoms with van der Waals surface area (Å²) in [6.45, 7) is 4.81. The summed E-state index contributed by atoms with van der Waals surface area (Å²) in [4.78, 5) is 10.4. The van der Waals surface area contributed by atoms with E-state index in [-0.39, 0.29) is 5.41 Å². The largest absolute Gasteiger partial charge is 0.433 e. The lowest BCUT2D eigenvalue weighted by Gasteiger charge is -2.21. The van der Waals surface area contributed by atoms with Gasteiger partial charge in [0, 0.05) is 55.0 Å². The van der Waals surface area contributed by atoms with E-state index in [0.717, 1.165) is 72.1 Å². The summed E-state index contributed by atoms with van der Waals surface area (Å²) >= 11 is 1.69. The first-order valence-corrected chi connectivity index (χ1v) is 12.0. The third-order valence-corrected chi connectivity index (χ3v) is 7.81. The van der Waals surface area contributed by atoms with Crippen molar-refractivity contribution in [3.63, 3.8) is 0 Å². The number of piperidine rings is 1. The highest BCUT2D eigenvalue weighted by Gasteiger charge is 2.60. The number of pyridine rings is 2. The van der Waals surface area contributed by atoms with Crippen LogP contribution in [0.15, 0.2) is 41.8 Å². The smallest absolute Gasteiger partial charge is 0.305 e. The minimum atomic E-state index is -4.39. The molecule has 0 bridgehead atoms. The number of aryl methyl sites for hydroxylation is 1. The molecule has 1 saturated heterocycles. The Morgan fingerprint density at radius 2 is 1.97 bits per heavy atom. The van der Waals surface area contributed by atoms with Crippen molar-refractivity contribution < 1.29 is 13.2 Å². The average Bonchev–Trinajstić information content (AvgIpc) is 3.16. The Balaban J connectivity index is 1.12. The molecule has 2 aliphatic rings. The molecule has 2 atom stereocenters. The van der Waals surface area contributed by atoms with Gasteiger partial charge < -0.3 is 9.47 Å². The molecule has 33 heavy (non-hydrogen) atoms. The first kappa shape index (κ1) is 22.3. The van der Waals surface area contributed by atoms with Gasteiger partial charge in [-0.05, 0) is 56.0 Å². The van der Waals surface area contributed by atoms with Crippen LogP contribution in [0.1, 0.15) is 29.8 Å². The summed E-state index contributed by atoms with van der Waals surface area (Å²) in [6.07, 6.45) is 0.902. The average molecular weight is 475 g/mol. The van der Waals surface area contributed by atoms with Crippen LogP contribution in [-0.2, 0) is 18.6 Å². The number of alkyl halides is 3. The van der Waals surface area contributed by atoms with Crippen molar-refractivity contribution in [1.82, 2.24) is 29.6 Å². The number of aromatic nitrogens is 5. The molecular weight excluding hydrogens is 449 g/mol. The fourth-order valence-corrected chi connectivity index (χ4v) is 5.64. The van der Waals surface area contributed by atoms with Crippen LogP contribution in [0.3, 0.4) is 0 Å². The predicted molar refractivity (Wildman–Crippen MR) is 120 cm³/mol. The van der Waals surface area contributed by atoms with E-state index in [9.17, 15) is 13.2 Å². The van der Waals surface area contributed by atoms with Crippen LogP contribution in [0.25, 0.3) is 11.4 Å². The number of likely N-dealkylation sites (tertiary alicyclic amines) is 1. The fraction of sp³-hybridized carbons (Fsp3) is 0.478. The van der Waals surface area contributed by atoms with Gasteiger partial charge in [0.1, 0.15) is 5.69 Å². The maximum absolute atomic E-state index is 12.8. The van der Waals surface area contributed by atoms with Gasteiger partial charge in [-0.15, -0.1) is 10.2 Å². The van der Waals surface area contributed by atoms with E-state index in [4.69, 9.17) is 0 Å². The van der Waals surface area contributed by atoms with Gasteiger partial charge in [-0.1, -0.05) is 17.8 Å². The van der Waals surface area contributed by atoms with Gasteiger partial charge >= 0.3 is 6.18 Å². The molecule has 0 aromatic carbocycles. The summed E-state index contributed by atoms with van der Waals surface area (Å²) in [6, 6.07) is 6.69. The molecule has 0 spiro atoms. The highest BCUT2D eigenvalue weighted by atomic mass is 32.2. The minimum Gasteiger partial charge on any atom is -0.305 e. The minimum absolute atomic E-state index is 0.00909. The van der Waals surface area contributed by atoms with Gasteiger partial charge in [0.25, 0.3) is 0 Å². The van der Waals surface area contributed by atoms with Crippen LogP contribution in [0.2, 0.25) is 0 Å². The topological polar surface area (TPSA) is 59.7 Å². The van der Waals surface area contributed by atoms with E-state index >= 15 is 0 Å². The molecule has 10 heteroatoms. The third-order valence-electron chi connectivity index (χ3n) is 6.70. The zero-order chi connectivity index (χ0) is 23.2. The summed E-state index contributed by atoms with van der Waals surface area (Å²) in [5.74, 6) is 2.25. The molecule has 1 aliphatic heterocycles. The normalized spacial score (nSPS) is 22.5. The Bertz CT molecular complexity index is 1130. The van der Waals surface area contributed by atoms with Gasteiger partial charge in [0.05, 0.1) is 0 Å². The van der Waals surface area contributed by atoms with E-state index in [1.54, 1.807) is 17.8 Å². The number of fused-ring (bicyclic) bond motifs is 1. The summed E-state index contributed by atoms with van der Waals surface area (Å²) in [7, 11) is 1.97. The van der Waals surface area contributed by atoms with Crippen molar-refractivity contribution in [2.24, 2.45) is 13.0 Å². The Morgan fingerprint density at radius 1 is 1.12 bits per heavy atom. The van der Waals surface area contributed by atoms with Crippen LogP contribution >= 0.6 is 11.8 Å². The van der Waals surface area contributed by atoms with Crippen LogP contribution < -0.4 is 0 Å². The molecule has 4 heterocycles. The van der Waals surface area contributed by atoms with Gasteiger partial charge in [-0.25, -0.2) is 0 Å². The van der Waals surface area contributed by atoms with Crippen LogP contribution in [-0.4, -0.2) is 55.0 Å². The fourth-order valence-electron chi connectivity index (χ4n) is 4.80. The first-order valence-electron chi connectivity index (χ1n) is 11.0. The summed E-state index contributed by atoms with van der Waals surface area (Å²) in [5, 5.41) is 9.52. The second kappa shape index (κ2) is 8.39. The second-order valence-corrected chi connectivity index (χ2v) is 10.0. The van der Waals surface area contributed by atoms with Crippen molar-refractivity contribution in [2.45, 2.75) is 36.5 Å². The number of halogens is 3. The van der Waals surface area contributed by atoms with E-state index in [0.29, 0.717) is 5.92 Å². The van der Waals surface area contributed by atoms with Gasteiger partial charge in [0.2, 0.25) is 0 Å². The van der Waals surface area contributed by atoms with Crippen LogP contribution in [0.4, 0.5) is 13.2 Å². The molecule has 6 nitrogen and oxygen atoms in total. The lowest BCUT2D eigenvalue weighted by Crippen LogP contribution is -2.28. The molecule has 1 aliphatic carbocycles. The summed E-state index contributed by atoms with van der Waals surface area (Å²) < 4.78 is 40.4. The van der Waals surface area contributed by atoms with E-state index in [1.165, 1.54) is 6.20 Å². The van der Waals surface area contributed by atoms with Crippen molar-refractivity contribution in [1.29, 1.82) is 0 Å². The molecule has 5 rings (SSSR count). The standard InChI is InChI=1S/C23H25F3N6S/c1-15-4-5-16(11-27-15)20-29-30-21(31(20)2)33-9-3-8-32-13-18-10-22(18,14-32)17-6-7-19(28-12-17)23(24,25)26/h4-7,11-12,18H,3,8-10,13-14H2,1-2H3/t18-,22?/m1/s1.